The molecule has 0 atom stereocenters. The number of rotatable bonds is 7. The largest absolute Gasteiger partial charge is 0.493 e. The van der Waals surface area contributed by atoms with E-state index in [1.54, 1.807) is 13.0 Å². The maximum atomic E-state index is 11.3. The van der Waals surface area contributed by atoms with Crippen LogP contribution in [0.3, 0.4) is 0 Å². The minimum Gasteiger partial charge on any atom is -0.493 e. The highest BCUT2D eigenvalue weighted by atomic mass is 35.5. The number of thiocarbonyl (C=S) groups is 1. The van der Waals surface area contributed by atoms with Crippen molar-refractivity contribution in [3.63, 3.8) is 0 Å². The number of ether oxygens (including phenoxy) is 3. The Morgan fingerprint density at radius 3 is 2.82 bits per heavy atom. The van der Waals surface area contributed by atoms with E-state index in [2.05, 4.69) is 22.7 Å². The topological polar surface area (TPSA) is 95.2 Å². The van der Waals surface area contributed by atoms with Crippen LogP contribution in [-0.4, -0.2) is 37.6 Å². The zero-order valence-electron chi connectivity index (χ0n) is 12.1. The number of halogens is 1. The van der Waals surface area contributed by atoms with Crippen molar-refractivity contribution in [1.82, 2.24) is 5.43 Å². The first-order valence-corrected chi connectivity index (χ1v) is 7.01. The van der Waals surface area contributed by atoms with E-state index >= 15 is 0 Å². The molecule has 7 nitrogen and oxygen atoms in total. The smallest absolute Gasteiger partial charge is 0.344 e. The van der Waals surface area contributed by atoms with E-state index in [1.165, 1.54) is 19.4 Å². The fourth-order valence-electron chi connectivity index (χ4n) is 1.43. The first kappa shape index (κ1) is 18.0. The summed E-state index contributed by atoms with van der Waals surface area (Å²) in [5.74, 6) is 0.234. The average molecular weight is 346 g/mol. The summed E-state index contributed by atoms with van der Waals surface area (Å²) in [5.41, 5.74) is 8.23. The molecule has 1 rings (SSSR count). The molecule has 0 aromatic heterocycles. The summed E-state index contributed by atoms with van der Waals surface area (Å²) in [4.78, 5) is 11.3. The van der Waals surface area contributed by atoms with Gasteiger partial charge in [0, 0.05) is 11.6 Å². The zero-order valence-corrected chi connectivity index (χ0v) is 13.7. The molecule has 0 radical (unpaired) electrons. The molecule has 0 heterocycles. The molecule has 0 fully saturated rings. The fourth-order valence-corrected chi connectivity index (χ4v) is 1.68. The Morgan fingerprint density at radius 1 is 1.50 bits per heavy atom. The number of hydrazone groups is 1. The van der Waals surface area contributed by atoms with Crippen LogP contribution in [0.4, 0.5) is 0 Å². The second kappa shape index (κ2) is 9.06. The summed E-state index contributed by atoms with van der Waals surface area (Å²) in [6.45, 7) is 1.76. The summed E-state index contributed by atoms with van der Waals surface area (Å²) < 4.78 is 15.3. The van der Waals surface area contributed by atoms with Crippen molar-refractivity contribution in [2.24, 2.45) is 10.8 Å². The monoisotopic (exact) mass is 345 g/mol. The molecule has 0 saturated carbocycles. The van der Waals surface area contributed by atoms with Gasteiger partial charge in [-0.25, -0.2) is 4.79 Å². The second-order valence-corrected chi connectivity index (χ2v) is 4.70. The molecule has 0 aliphatic carbocycles. The van der Waals surface area contributed by atoms with E-state index in [9.17, 15) is 4.79 Å². The molecule has 1 aromatic rings. The third kappa shape index (κ3) is 5.74. The molecule has 0 saturated heterocycles. The molecule has 0 spiro atoms. The van der Waals surface area contributed by atoms with E-state index in [0.29, 0.717) is 22.1 Å². The summed E-state index contributed by atoms with van der Waals surface area (Å²) in [6.07, 6.45) is 1.43. The van der Waals surface area contributed by atoms with Gasteiger partial charge in [0.2, 0.25) is 0 Å². The predicted molar refractivity (Wildman–Crippen MR) is 87.6 cm³/mol. The molecule has 1 aromatic carbocycles. The van der Waals surface area contributed by atoms with Crippen LogP contribution in [0.2, 0.25) is 5.02 Å². The van der Waals surface area contributed by atoms with Gasteiger partial charge in [-0.3, -0.25) is 5.43 Å². The van der Waals surface area contributed by atoms with Crippen molar-refractivity contribution in [2.45, 2.75) is 6.92 Å². The van der Waals surface area contributed by atoms with E-state index in [-0.39, 0.29) is 18.3 Å². The van der Waals surface area contributed by atoms with Gasteiger partial charge < -0.3 is 19.9 Å². The molecule has 0 unspecified atom stereocenters. The van der Waals surface area contributed by atoms with E-state index in [1.807, 2.05) is 0 Å². The molecule has 9 heteroatoms. The lowest BCUT2D eigenvalue weighted by atomic mass is 10.2. The maximum absolute atomic E-state index is 11.3. The van der Waals surface area contributed by atoms with Gasteiger partial charge in [0.1, 0.15) is 0 Å². The van der Waals surface area contributed by atoms with Gasteiger partial charge in [0.15, 0.2) is 23.2 Å². The molecular weight excluding hydrogens is 330 g/mol. The van der Waals surface area contributed by atoms with Gasteiger partial charge >= 0.3 is 5.97 Å². The fraction of sp³-hybridized carbons (Fsp3) is 0.308. The number of nitrogens with zero attached hydrogens (tertiary/aromatic N) is 1. The first-order valence-electron chi connectivity index (χ1n) is 6.22. The SMILES string of the molecule is CCOC(=O)COc1cc(Cl)c(C=NNC(N)=S)cc1OC. The lowest BCUT2D eigenvalue weighted by molar-refractivity contribution is -0.145. The van der Waals surface area contributed by atoms with Crippen LogP contribution in [0, 0.1) is 0 Å². The van der Waals surface area contributed by atoms with Crippen LogP contribution >= 0.6 is 23.8 Å². The number of hydrogen-bond donors (Lipinski definition) is 2. The number of nitrogens with one attached hydrogen (secondary N) is 1. The van der Waals surface area contributed by atoms with Gasteiger partial charge in [0.25, 0.3) is 0 Å². The van der Waals surface area contributed by atoms with Crippen LogP contribution in [0.15, 0.2) is 17.2 Å². The van der Waals surface area contributed by atoms with Gasteiger partial charge in [-0.2, -0.15) is 5.10 Å². The predicted octanol–water partition coefficient (Wildman–Crippen LogP) is 1.46. The Labute approximate surface area is 138 Å². The minimum absolute atomic E-state index is 0.0359. The second-order valence-electron chi connectivity index (χ2n) is 3.85. The number of methoxy groups -OCH3 is 1. The highest BCUT2D eigenvalue weighted by Gasteiger charge is 2.12. The van der Waals surface area contributed by atoms with Crippen LogP contribution in [0.5, 0.6) is 11.5 Å². The number of hydrogen-bond acceptors (Lipinski definition) is 6. The lowest BCUT2D eigenvalue weighted by Gasteiger charge is -2.12. The van der Waals surface area contributed by atoms with Gasteiger partial charge in [0.05, 0.1) is 25.0 Å². The van der Waals surface area contributed by atoms with Crippen LogP contribution in [0.1, 0.15) is 12.5 Å². The highest BCUT2D eigenvalue weighted by molar-refractivity contribution is 7.80. The highest BCUT2D eigenvalue weighted by Crippen LogP contribution is 2.32. The third-order valence-corrected chi connectivity index (χ3v) is 2.73. The van der Waals surface area contributed by atoms with Crippen LogP contribution in [0.25, 0.3) is 0 Å². The number of carbonyl (C=O) groups excluding carboxylic acids is 1. The van der Waals surface area contributed by atoms with Gasteiger partial charge in [-0.05, 0) is 25.2 Å². The summed E-state index contributed by atoms with van der Waals surface area (Å²) >= 11 is 10.7. The quantitative estimate of drug-likeness (QED) is 0.334. The minimum atomic E-state index is -0.480. The molecular formula is C13H16ClN3O4S. The molecule has 0 aliphatic rings. The van der Waals surface area contributed by atoms with Crippen LogP contribution in [-0.2, 0) is 9.53 Å². The first-order chi connectivity index (χ1) is 10.5. The molecule has 120 valence electrons. The van der Waals surface area contributed by atoms with Crippen LogP contribution < -0.4 is 20.6 Å². The number of carbonyl (C=O) groups is 1. The molecule has 0 bridgehead atoms. The summed E-state index contributed by atoms with van der Waals surface area (Å²) in [7, 11) is 1.47. The van der Waals surface area contributed by atoms with E-state index < -0.39 is 5.97 Å². The third-order valence-electron chi connectivity index (χ3n) is 2.31. The Bertz CT molecular complexity index is 581. The number of nitrogens with two attached hydrogens (primary N) is 1. The Morgan fingerprint density at radius 2 is 2.23 bits per heavy atom. The van der Waals surface area contributed by atoms with E-state index in [4.69, 9.17) is 31.5 Å². The zero-order chi connectivity index (χ0) is 16.5. The Hall–Kier alpha value is -2.06. The number of esters is 1. The van der Waals surface area contributed by atoms with E-state index in [0.717, 1.165) is 0 Å². The van der Waals surface area contributed by atoms with Crippen molar-refractivity contribution in [1.29, 1.82) is 0 Å². The average Bonchev–Trinajstić information content (AvgIpc) is 2.46. The van der Waals surface area contributed by atoms with Crippen molar-refractivity contribution in [3.8, 4) is 11.5 Å². The maximum Gasteiger partial charge on any atom is 0.344 e. The Kier molecular flexibility index (Phi) is 7.41. The summed E-state index contributed by atoms with van der Waals surface area (Å²) in [5, 5.41) is 4.20. The van der Waals surface area contributed by atoms with Crippen molar-refractivity contribution in [3.05, 3.63) is 22.7 Å². The number of benzene rings is 1. The normalized spacial score (nSPS) is 10.3. The molecule has 0 amide bonds. The standard InChI is InChI=1S/C13H16ClN3O4S/c1-3-20-12(18)7-21-11-5-9(14)8(4-10(11)19-2)6-16-17-13(15)22/h4-6H,3,7H2,1-2H3,(H3,15,17,22). The lowest BCUT2D eigenvalue weighted by Crippen LogP contribution is -2.24. The van der Waals surface area contributed by atoms with Crippen molar-refractivity contribution >= 4 is 41.1 Å². The van der Waals surface area contributed by atoms with Crippen molar-refractivity contribution in [2.75, 3.05) is 20.3 Å². The molecule has 3 N–H and O–H groups in total. The summed E-state index contributed by atoms with van der Waals surface area (Å²) in [6, 6.07) is 3.12. The molecule has 0 aliphatic heterocycles. The van der Waals surface area contributed by atoms with Gasteiger partial charge in [-0.15, -0.1) is 0 Å². The Balaban J connectivity index is 2.87. The molecule has 22 heavy (non-hydrogen) atoms. The van der Waals surface area contributed by atoms with Gasteiger partial charge in [-0.1, -0.05) is 11.6 Å². The van der Waals surface area contributed by atoms with Crippen molar-refractivity contribution < 1.29 is 19.0 Å².